The van der Waals surface area contributed by atoms with Gasteiger partial charge in [0.25, 0.3) is 5.56 Å². The van der Waals surface area contributed by atoms with Gasteiger partial charge in [-0.15, -0.1) is 0 Å². The molecular weight excluding hydrogens is 318 g/mol. The number of fused-ring (bicyclic) bond motifs is 2. The minimum Gasteiger partial charge on any atom is -0.497 e. The molecule has 0 atom stereocenters. The number of benzene rings is 1. The van der Waals surface area contributed by atoms with Crippen molar-refractivity contribution >= 4 is 22.8 Å². The highest BCUT2D eigenvalue weighted by atomic mass is 16.5. The fourth-order valence-corrected chi connectivity index (χ4v) is 3.21. The van der Waals surface area contributed by atoms with Gasteiger partial charge in [-0.3, -0.25) is 15.1 Å². The first-order valence-electron chi connectivity index (χ1n) is 8.35. The van der Waals surface area contributed by atoms with Crippen molar-refractivity contribution in [2.75, 3.05) is 12.4 Å². The van der Waals surface area contributed by atoms with E-state index in [9.17, 15) is 4.79 Å². The first-order valence-corrected chi connectivity index (χ1v) is 8.35. The van der Waals surface area contributed by atoms with Gasteiger partial charge in [0.15, 0.2) is 0 Å². The molecule has 128 valence electrons. The third-order valence-corrected chi connectivity index (χ3v) is 4.52. The smallest absolute Gasteiger partial charge is 0.255 e. The molecule has 7 nitrogen and oxygen atoms in total. The van der Waals surface area contributed by atoms with Gasteiger partial charge in [0.2, 0.25) is 11.9 Å². The van der Waals surface area contributed by atoms with E-state index >= 15 is 0 Å². The summed E-state index contributed by atoms with van der Waals surface area (Å²) >= 11 is 0. The zero-order valence-electron chi connectivity index (χ0n) is 14.2. The van der Waals surface area contributed by atoms with Crippen LogP contribution in [0.15, 0.2) is 23.0 Å². The maximum Gasteiger partial charge on any atom is 0.255 e. The van der Waals surface area contributed by atoms with Gasteiger partial charge >= 0.3 is 0 Å². The van der Waals surface area contributed by atoms with Crippen LogP contribution in [0.25, 0.3) is 10.9 Å². The predicted molar refractivity (Wildman–Crippen MR) is 95.6 cm³/mol. The molecule has 1 aliphatic rings. The van der Waals surface area contributed by atoms with E-state index in [1.165, 1.54) is 0 Å². The molecule has 0 fully saturated rings. The molecule has 0 saturated heterocycles. The molecule has 2 N–H and O–H groups in total. The first kappa shape index (κ1) is 15.6. The normalized spacial score (nSPS) is 13.5. The van der Waals surface area contributed by atoms with E-state index in [1.807, 2.05) is 25.1 Å². The molecule has 4 rings (SSSR count). The lowest BCUT2D eigenvalue weighted by Gasteiger charge is -2.15. The number of nitrogens with one attached hydrogen (secondary N) is 2. The standard InChI is InChI=1S/C18H19N5O2/c1-10-13-9-11(25-2)7-8-15(13)21-17(19-10)23-18-20-14-6-4-3-5-12(14)16(24)22-18/h7-9H,3-6H2,1-2H3,(H2,19,20,21,22,23,24). The van der Waals surface area contributed by atoms with Gasteiger partial charge in [0.1, 0.15) is 5.75 Å². The highest BCUT2D eigenvalue weighted by Crippen LogP contribution is 2.23. The van der Waals surface area contributed by atoms with Crippen molar-refractivity contribution in [3.05, 3.63) is 45.5 Å². The van der Waals surface area contributed by atoms with Crippen LogP contribution in [0, 0.1) is 6.92 Å². The zero-order valence-corrected chi connectivity index (χ0v) is 14.2. The summed E-state index contributed by atoms with van der Waals surface area (Å²) in [5, 5.41) is 3.96. The summed E-state index contributed by atoms with van der Waals surface area (Å²) in [6.45, 7) is 1.91. The Morgan fingerprint density at radius 1 is 1.16 bits per heavy atom. The summed E-state index contributed by atoms with van der Waals surface area (Å²) in [5.74, 6) is 1.56. The molecule has 0 radical (unpaired) electrons. The molecule has 1 aromatic carbocycles. The van der Waals surface area contributed by atoms with E-state index in [4.69, 9.17) is 4.74 Å². The lowest BCUT2D eigenvalue weighted by atomic mass is 9.97. The molecule has 0 spiro atoms. The molecule has 0 saturated carbocycles. The second-order valence-corrected chi connectivity index (χ2v) is 6.19. The third-order valence-electron chi connectivity index (χ3n) is 4.52. The van der Waals surface area contributed by atoms with Gasteiger partial charge < -0.3 is 4.74 Å². The van der Waals surface area contributed by atoms with Gasteiger partial charge in [-0.2, -0.15) is 0 Å². The van der Waals surface area contributed by atoms with Crippen LogP contribution >= 0.6 is 0 Å². The molecule has 0 bridgehead atoms. The van der Waals surface area contributed by atoms with Crippen molar-refractivity contribution in [1.29, 1.82) is 0 Å². The van der Waals surface area contributed by atoms with Crippen LogP contribution in [0.5, 0.6) is 5.75 Å². The monoisotopic (exact) mass is 337 g/mol. The molecule has 0 amide bonds. The second-order valence-electron chi connectivity index (χ2n) is 6.19. The number of aryl methyl sites for hydroxylation is 2. The molecule has 25 heavy (non-hydrogen) atoms. The number of anilines is 2. The Bertz CT molecular complexity index is 1010. The van der Waals surface area contributed by atoms with Crippen molar-refractivity contribution in [1.82, 2.24) is 19.9 Å². The number of hydrogen-bond donors (Lipinski definition) is 2. The van der Waals surface area contributed by atoms with Crippen molar-refractivity contribution < 1.29 is 4.74 Å². The zero-order chi connectivity index (χ0) is 17.4. The summed E-state index contributed by atoms with van der Waals surface area (Å²) in [6.07, 6.45) is 3.74. The first-order chi connectivity index (χ1) is 12.1. The highest BCUT2D eigenvalue weighted by Gasteiger charge is 2.16. The number of hydrogen-bond acceptors (Lipinski definition) is 6. The average molecular weight is 337 g/mol. The topological polar surface area (TPSA) is 92.8 Å². The predicted octanol–water partition coefficient (Wildman–Crippen LogP) is 2.65. The van der Waals surface area contributed by atoms with E-state index in [1.54, 1.807) is 7.11 Å². The van der Waals surface area contributed by atoms with Gasteiger partial charge in [-0.1, -0.05) is 0 Å². The summed E-state index contributed by atoms with van der Waals surface area (Å²) in [5.41, 5.74) is 3.23. The Morgan fingerprint density at radius 2 is 2.00 bits per heavy atom. The Kier molecular flexibility index (Phi) is 3.83. The van der Waals surface area contributed by atoms with Crippen molar-refractivity contribution in [2.24, 2.45) is 0 Å². The van der Waals surface area contributed by atoms with Crippen LogP contribution in [-0.4, -0.2) is 27.0 Å². The van der Waals surface area contributed by atoms with Crippen LogP contribution in [0.2, 0.25) is 0 Å². The summed E-state index contributed by atoms with van der Waals surface area (Å²) in [6, 6.07) is 5.65. The SMILES string of the molecule is COc1ccc2nc(Nc3nc4c(c(=O)[nH]3)CCCC4)nc(C)c2c1. The van der Waals surface area contributed by atoms with Crippen LogP contribution in [0.1, 0.15) is 29.8 Å². The van der Waals surface area contributed by atoms with Gasteiger partial charge in [0, 0.05) is 10.9 Å². The third kappa shape index (κ3) is 2.93. The Morgan fingerprint density at radius 3 is 2.84 bits per heavy atom. The van der Waals surface area contributed by atoms with Gasteiger partial charge in [0.05, 0.1) is 24.0 Å². The molecule has 3 aromatic rings. The highest BCUT2D eigenvalue weighted by molar-refractivity contribution is 5.83. The van der Waals surface area contributed by atoms with Crippen molar-refractivity contribution in [3.63, 3.8) is 0 Å². The van der Waals surface area contributed by atoms with E-state index < -0.39 is 0 Å². The summed E-state index contributed by atoms with van der Waals surface area (Å²) in [4.78, 5) is 28.5. The van der Waals surface area contributed by atoms with Crippen LogP contribution < -0.4 is 15.6 Å². The number of ether oxygens (including phenoxy) is 1. The molecular formula is C18H19N5O2. The number of aromatic amines is 1. The van der Waals surface area contributed by atoms with Crippen molar-refractivity contribution in [3.8, 4) is 5.75 Å². The average Bonchev–Trinajstić information content (AvgIpc) is 2.61. The number of H-pyrrole nitrogens is 1. The Balaban J connectivity index is 1.71. The Hall–Kier alpha value is -2.96. The number of methoxy groups -OCH3 is 1. The lowest BCUT2D eigenvalue weighted by molar-refractivity contribution is 0.415. The van der Waals surface area contributed by atoms with Crippen LogP contribution in [0.3, 0.4) is 0 Å². The largest absolute Gasteiger partial charge is 0.497 e. The fourth-order valence-electron chi connectivity index (χ4n) is 3.21. The molecule has 2 heterocycles. The minimum atomic E-state index is -0.0746. The maximum atomic E-state index is 12.2. The Labute approximate surface area is 144 Å². The lowest BCUT2D eigenvalue weighted by Crippen LogP contribution is -2.22. The molecule has 7 heteroatoms. The fraction of sp³-hybridized carbons (Fsp3) is 0.333. The number of nitrogens with zero attached hydrogens (tertiary/aromatic N) is 3. The van der Waals surface area contributed by atoms with E-state index in [0.29, 0.717) is 11.9 Å². The van der Waals surface area contributed by atoms with Crippen LogP contribution in [0.4, 0.5) is 11.9 Å². The van der Waals surface area contributed by atoms with E-state index in [2.05, 4.69) is 25.3 Å². The molecule has 2 aromatic heterocycles. The quantitative estimate of drug-likeness (QED) is 0.763. The molecule has 0 aliphatic heterocycles. The summed E-state index contributed by atoms with van der Waals surface area (Å²) in [7, 11) is 1.63. The van der Waals surface area contributed by atoms with E-state index in [0.717, 1.165) is 59.3 Å². The molecule has 0 unspecified atom stereocenters. The summed E-state index contributed by atoms with van der Waals surface area (Å²) < 4.78 is 5.25. The van der Waals surface area contributed by atoms with Crippen molar-refractivity contribution in [2.45, 2.75) is 32.6 Å². The van der Waals surface area contributed by atoms with E-state index in [-0.39, 0.29) is 5.56 Å². The van der Waals surface area contributed by atoms with Crippen LogP contribution in [-0.2, 0) is 12.8 Å². The van der Waals surface area contributed by atoms with Gasteiger partial charge in [-0.25, -0.2) is 15.0 Å². The number of rotatable bonds is 3. The minimum absolute atomic E-state index is 0.0746. The number of aromatic nitrogens is 4. The maximum absolute atomic E-state index is 12.2. The van der Waals surface area contributed by atoms with Gasteiger partial charge in [-0.05, 0) is 50.8 Å². The molecule has 1 aliphatic carbocycles. The second kappa shape index (κ2) is 6.16.